The van der Waals surface area contributed by atoms with Gasteiger partial charge in [0.25, 0.3) is 0 Å². The molecule has 29 heavy (non-hydrogen) atoms. The van der Waals surface area contributed by atoms with Crippen LogP contribution in [-0.4, -0.2) is 63.6 Å². The molecule has 1 amide bonds. The number of carbonyl (C=O) groups excluding carboxylic acids is 1. The highest BCUT2D eigenvalue weighted by atomic mass is 32.1. The van der Waals surface area contributed by atoms with Crippen molar-refractivity contribution < 1.29 is 9.53 Å². The quantitative estimate of drug-likeness (QED) is 0.640. The van der Waals surface area contributed by atoms with Gasteiger partial charge in [0, 0.05) is 37.0 Å². The van der Waals surface area contributed by atoms with E-state index < -0.39 is 0 Å². The summed E-state index contributed by atoms with van der Waals surface area (Å²) < 4.78 is 5.27. The molecule has 1 aliphatic heterocycles. The van der Waals surface area contributed by atoms with Crippen LogP contribution in [0.5, 0.6) is 0 Å². The van der Waals surface area contributed by atoms with E-state index in [9.17, 15) is 4.79 Å². The SMILES string of the molecule is COC[C@@H]1CCCN1CC(=O)Nc1cc(-c2nccs2)nc(-c2ccccn2)n1. The molecule has 0 aromatic carbocycles. The van der Waals surface area contributed by atoms with Gasteiger partial charge < -0.3 is 10.1 Å². The van der Waals surface area contributed by atoms with Gasteiger partial charge in [-0.15, -0.1) is 11.3 Å². The van der Waals surface area contributed by atoms with Crippen LogP contribution < -0.4 is 5.32 Å². The Morgan fingerprint density at radius 2 is 2.21 bits per heavy atom. The molecule has 9 heteroatoms. The first kappa shape index (κ1) is 19.6. The van der Waals surface area contributed by atoms with Crippen LogP contribution in [0, 0.1) is 0 Å². The number of nitrogens with zero attached hydrogens (tertiary/aromatic N) is 5. The second-order valence-electron chi connectivity index (χ2n) is 6.78. The molecule has 4 rings (SSSR count). The number of thiazole rings is 1. The Bertz CT molecular complexity index is 951. The first-order valence-corrected chi connectivity index (χ1v) is 10.3. The summed E-state index contributed by atoms with van der Waals surface area (Å²) in [4.78, 5) is 32.6. The highest BCUT2D eigenvalue weighted by Crippen LogP contribution is 2.25. The largest absolute Gasteiger partial charge is 0.383 e. The average molecular weight is 411 g/mol. The van der Waals surface area contributed by atoms with E-state index >= 15 is 0 Å². The summed E-state index contributed by atoms with van der Waals surface area (Å²) in [5.74, 6) is 0.786. The average Bonchev–Trinajstić information content (AvgIpc) is 3.41. The smallest absolute Gasteiger partial charge is 0.239 e. The first-order valence-electron chi connectivity index (χ1n) is 9.46. The van der Waals surface area contributed by atoms with Crippen LogP contribution in [0.4, 0.5) is 5.82 Å². The van der Waals surface area contributed by atoms with E-state index in [4.69, 9.17) is 4.74 Å². The molecule has 150 valence electrons. The molecular formula is C20H22N6O2S. The Kier molecular flexibility index (Phi) is 6.18. The van der Waals surface area contributed by atoms with Crippen molar-refractivity contribution in [3.8, 4) is 22.2 Å². The zero-order valence-corrected chi connectivity index (χ0v) is 16.9. The Morgan fingerprint density at radius 3 is 2.97 bits per heavy atom. The van der Waals surface area contributed by atoms with Gasteiger partial charge in [-0.05, 0) is 31.5 Å². The van der Waals surface area contributed by atoms with Crippen LogP contribution in [0.15, 0.2) is 42.0 Å². The van der Waals surface area contributed by atoms with Crippen LogP contribution in [0.1, 0.15) is 12.8 Å². The fourth-order valence-electron chi connectivity index (χ4n) is 3.43. The van der Waals surface area contributed by atoms with Gasteiger partial charge in [-0.2, -0.15) is 0 Å². The Balaban J connectivity index is 1.56. The number of hydrogen-bond acceptors (Lipinski definition) is 8. The lowest BCUT2D eigenvalue weighted by molar-refractivity contribution is -0.117. The van der Waals surface area contributed by atoms with E-state index in [1.807, 2.05) is 23.6 Å². The maximum atomic E-state index is 12.7. The van der Waals surface area contributed by atoms with Crippen molar-refractivity contribution >= 4 is 23.1 Å². The van der Waals surface area contributed by atoms with E-state index in [0.717, 1.165) is 24.4 Å². The minimum Gasteiger partial charge on any atom is -0.383 e. The van der Waals surface area contributed by atoms with E-state index in [1.54, 1.807) is 25.6 Å². The maximum Gasteiger partial charge on any atom is 0.239 e. The molecule has 0 spiro atoms. The van der Waals surface area contributed by atoms with Crippen molar-refractivity contribution in [2.45, 2.75) is 18.9 Å². The number of hydrogen-bond donors (Lipinski definition) is 1. The van der Waals surface area contributed by atoms with Crippen molar-refractivity contribution in [1.82, 2.24) is 24.8 Å². The molecule has 3 aromatic heterocycles. The van der Waals surface area contributed by atoms with Crippen LogP contribution in [0.25, 0.3) is 22.2 Å². The lowest BCUT2D eigenvalue weighted by Gasteiger charge is -2.22. The van der Waals surface area contributed by atoms with Gasteiger partial charge in [-0.25, -0.2) is 15.0 Å². The molecule has 0 unspecified atom stereocenters. The van der Waals surface area contributed by atoms with Crippen molar-refractivity contribution in [3.63, 3.8) is 0 Å². The minimum absolute atomic E-state index is 0.108. The van der Waals surface area contributed by atoms with Crippen molar-refractivity contribution in [2.24, 2.45) is 0 Å². The van der Waals surface area contributed by atoms with Crippen molar-refractivity contribution in [1.29, 1.82) is 0 Å². The van der Waals surface area contributed by atoms with E-state index in [0.29, 0.717) is 36.2 Å². The third kappa shape index (κ3) is 4.81. The standard InChI is InChI=1S/C20H22N6O2S/c1-28-13-14-5-4-9-26(14)12-18(27)24-17-11-16(20-22-8-10-29-20)23-19(25-17)15-6-2-3-7-21-15/h2-3,6-8,10-11,14H,4-5,9,12-13H2,1H3,(H,23,24,25,27)/t14-/m0/s1. The predicted octanol–water partition coefficient (Wildman–Crippen LogP) is 2.71. The van der Waals surface area contributed by atoms with Gasteiger partial charge in [0.15, 0.2) is 5.82 Å². The molecule has 0 radical (unpaired) electrons. The predicted molar refractivity (Wildman–Crippen MR) is 111 cm³/mol. The Hall–Kier alpha value is -2.75. The minimum atomic E-state index is -0.108. The fraction of sp³-hybridized carbons (Fsp3) is 0.350. The second-order valence-corrected chi connectivity index (χ2v) is 7.68. The molecule has 4 heterocycles. The highest BCUT2D eigenvalue weighted by Gasteiger charge is 2.26. The maximum absolute atomic E-state index is 12.7. The number of ether oxygens (including phenoxy) is 1. The lowest BCUT2D eigenvalue weighted by Crippen LogP contribution is -2.39. The summed E-state index contributed by atoms with van der Waals surface area (Å²) in [7, 11) is 1.69. The molecule has 0 saturated carbocycles. The molecule has 0 aliphatic carbocycles. The number of aromatic nitrogens is 4. The van der Waals surface area contributed by atoms with Gasteiger partial charge in [0.05, 0.1) is 13.2 Å². The monoisotopic (exact) mass is 410 g/mol. The van der Waals surface area contributed by atoms with Crippen molar-refractivity contribution in [3.05, 3.63) is 42.0 Å². The van der Waals surface area contributed by atoms with Crippen molar-refractivity contribution in [2.75, 3.05) is 32.1 Å². The molecule has 1 fully saturated rings. The molecule has 0 bridgehead atoms. The van der Waals surface area contributed by atoms with Gasteiger partial charge in [-0.3, -0.25) is 14.7 Å². The zero-order chi connectivity index (χ0) is 20.1. The van der Waals surface area contributed by atoms with Crippen LogP contribution in [0.2, 0.25) is 0 Å². The summed E-state index contributed by atoms with van der Waals surface area (Å²) in [6.07, 6.45) is 5.54. The number of rotatable bonds is 7. The molecule has 8 nitrogen and oxygen atoms in total. The summed E-state index contributed by atoms with van der Waals surface area (Å²) in [5, 5.41) is 5.57. The number of nitrogens with one attached hydrogen (secondary N) is 1. The number of pyridine rings is 1. The van der Waals surface area contributed by atoms with Crippen LogP contribution >= 0.6 is 11.3 Å². The summed E-state index contributed by atoms with van der Waals surface area (Å²) in [5.41, 5.74) is 1.30. The second kappa shape index (κ2) is 9.17. The summed E-state index contributed by atoms with van der Waals surface area (Å²) >= 11 is 1.48. The number of anilines is 1. The first-order chi connectivity index (χ1) is 14.2. The number of likely N-dealkylation sites (tertiary alicyclic amines) is 1. The Labute approximate surface area is 173 Å². The molecule has 1 N–H and O–H groups in total. The topological polar surface area (TPSA) is 93.1 Å². The van der Waals surface area contributed by atoms with Gasteiger partial charge in [0.2, 0.25) is 5.91 Å². The summed E-state index contributed by atoms with van der Waals surface area (Å²) in [6.45, 7) is 1.84. The van der Waals surface area contributed by atoms with Gasteiger partial charge >= 0.3 is 0 Å². The fourth-order valence-corrected chi connectivity index (χ4v) is 4.03. The van der Waals surface area contributed by atoms with Crippen LogP contribution in [0.3, 0.4) is 0 Å². The third-order valence-corrected chi connectivity index (χ3v) is 5.54. The summed E-state index contributed by atoms with van der Waals surface area (Å²) in [6, 6.07) is 7.59. The Morgan fingerprint density at radius 1 is 1.28 bits per heavy atom. The van der Waals surface area contributed by atoms with Gasteiger partial charge in [0.1, 0.15) is 22.2 Å². The van der Waals surface area contributed by atoms with E-state index in [-0.39, 0.29) is 11.9 Å². The molecule has 1 aliphatic rings. The van der Waals surface area contributed by atoms with Gasteiger partial charge in [-0.1, -0.05) is 6.07 Å². The highest BCUT2D eigenvalue weighted by molar-refractivity contribution is 7.13. The molecular weight excluding hydrogens is 388 g/mol. The molecule has 3 aromatic rings. The number of amides is 1. The third-order valence-electron chi connectivity index (χ3n) is 4.74. The molecule has 1 atom stereocenters. The lowest BCUT2D eigenvalue weighted by atomic mass is 10.2. The van der Waals surface area contributed by atoms with E-state index in [1.165, 1.54) is 11.3 Å². The zero-order valence-electron chi connectivity index (χ0n) is 16.1. The normalized spacial score (nSPS) is 16.8. The number of methoxy groups -OCH3 is 1. The number of carbonyl (C=O) groups is 1. The van der Waals surface area contributed by atoms with E-state index in [2.05, 4.69) is 30.2 Å². The molecule has 1 saturated heterocycles. The van der Waals surface area contributed by atoms with Crippen LogP contribution in [-0.2, 0) is 9.53 Å².